The van der Waals surface area contributed by atoms with E-state index in [0.29, 0.717) is 16.7 Å². The molecule has 21 heavy (non-hydrogen) atoms. The van der Waals surface area contributed by atoms with E-state index in [1.807, 2.05) is 0 Å². The van der Waals surface area contributed by atoms with Crippen molar-refractivity contribution < 1.29 is 14.0 Å². The van der Waals surface area contributed by atoms with E-state index in [1.54, 1.807) is 31.2 Å². The van der Waals surface area contributed by atoms with E-state index in [0.717, 1.165) is 4.47 Å². The molecule has 0 bridgehead atoms. The van der Waals surface area contributed by atoms with Gasteiger partial charge in [-0.3, -0.25) is 0 Å². The van der Waals surface area contributed by atoms with Gasteiger partial charge in [0, 0.05) is 10.0 Å². The van der Waals surface area contributed by atoms with Crippen LogP contribution in [0.5, 0.6) is 5.75 Å². The van der Waals surface area contributed by atoms with E-state index >= 15 is 0 Å². The summed E-state index contributed by atoms with van der Waals surface area (Å²) in [5.74, 6) is 0.141. The summed E-state index contributed by atoms with van der Waals surface area (Å²) in [6.07, 6.45) is 0. The number of hydrogen-bond acceptors (Lipinski definition) is 4. The zero-order chi connectivity index (χ0) is 15.0. The van der Waals surface area contributed by atoms with Gasteiger partial charge >= 0.3 is 0 Å². The number of phenolic OH excluding ortho intramolecular Hbond substituents is 1. The number of hydrogen-bond donors (Lipinski definition) is 1. The number of rotatable bonds is 2. The third-order valence-electron chi connectivity index (χ3n) is 3.05. The van der Waals surface area contributed by atoms with Crippen molar-refractivity contribution in [1.82, 2.24) is 10.1 Å². The van der Waals surface area contributed by atoms with Gasteiger partial charge in [0.05, 0.1) is 5.56 Å². The van der Waals surface area contributed by atoms with Crippen molar-refractivity contribution in [1.29, 1.82) is 0 Å². The van der Waals surface area contributed by atoms with E-state index in [4.69, 9.17) is 4.52 Å². The van der Waals surface area contributed by atoms with Crippen LogP contribution in [0.15, 0.2) is 45.4 Å². The number of phenols is 1. The summed E-state index contributed by atoms with van der Waals surface area (Å²) in [5.41, 5.74) is 1.49. The third kappa shape index (κ3) is 2.67. The fourth-order valence-corrected chi connectivity index (χ4v) is 2.22. The Kier molecular flexibility index (Phi) is 3.47. The molecule has 0 aliphatic heterocycles. The van der Waals surface area contributed by atoms with Crippen molar-refractivity contribution >= 4 is 15.9 Å². The topological polar surface area (TPSA) is 59.2 Å². The minimum absolute atomic E-state index is 0.0228. The van der Waals surface area contributed by atoms with Gasteiger partial charge in [-0.15, -0.1) is 0 Å². The maximum Gasteiger partial charge on any atom is 0.261 e. The Hall–Kier alpha value is -2.21. The lowest BCUT2D eigenvalue weighted by atomic mass is 10.1. The number of aromatic nitrogens is 2. The second-order valence-electron chi connectivity index (χ2n) is 4.55. The van der Waals surface area contributed by atoms with Crippen LogP contribution < -0.4 is 0 Å². The highest BCUT2D eigenvalue weighted by atomic mass is 79.9. The Balaban J connectivity index is 2.01. The summed E-state index contributed by atoms with van der Waals surface area (Å²) >= 11 is 3.26. The molecule has 1 heterocycles. The van der Waals surface area contributed by atoms with E-state index in [1.165, 1.54) is 12.1 Å². The molecule has 0 saturated heterocycles. The van der Waals surface area contributed by atoms with Crippen LogP contribution in [-0.2, 0) is 0 Å². The predicted molar refractivity (Wildman–Crippen MR) is 79.2 cm³/mol. The van der Waals surface area contributed by atoms with E-state index in [2.05, 4.69) is 26.1 Å². The molecular weight excluding hydrogens is 339 g/mol. The van der Waals surface area contributed by atoms with Crippen LogP contribution in [0.3, 0.4) is 0 Å². The fraction of sp³-hybridized carbons (Fsp3) is 0.0667. The quantitative estimate of drug-likeness (QED) is 0.749. The molecule has 4 nitrogen and oxygen atoms in total. The lowest BCUT2D eigenvalue weighted by Crippen LogP contribution is -1.86. The molecule has 0 radical (unpaired) electrons. The summed E-state index contributed by atoms with van der Waals surface area (Å²) in [6, 6.07) is 9.67. The van der Waals surface area contributed by atoms with Crippen LogP contribution in [-0.4, -0.2) is 15.2 Å². The molecule has 0 amide bonds. The lowest BCUT2D eigenvalue weighted by molar-refractivity contribution is 0.425. The van der Waals surface area contributed by atoms with Gasteiger partial charge in [-0.2, -0.15) is 4.98 Å². The Bertz CT molecular complexity index is 817. The highest BCUT2D eigenvalue weighted by Crippen LogP contribution is 2.31. The first-order valence-electron chi connectivity index (χ1n) is 6.14. The number of nitrogens with zero attached hydrogens (tertiary/aromatic N) is 2. The van der Waals surface area contributed by atoms with Crippen LogP contribution in [0.2, 0.25) is 0 Å². The molecule has 0 atom stereocenters. The van der Waals surface area contributed by atoms with Gasteiger partial charge in [-0.25, -0.2) is 4.39 Å². The van der Waals surface area contributed by atoms with Crippen molar-refractivity contribution in [3.63, 3.8) is 0 Å². The summed E-state index contributed by atoms with van der Waals surface area (Å²) in [7, 11) is 0. The predicted octanol–water partition coefficient (Wildman–Crippen LogP) is 4.32. The molecular formula is C15H10BrFN2O2. The average molecular weight is 349 g/mol. The van der Waals surface area contributed by atoms with Crippen molar-refractivity contribution in [2.45, 2.75) is 6.92 Å². The first-order chi connectivity index (χ1) is 10.0. The second-order valence-corrected chi connectivity index (χ2v) is 5.46. The van der Waals surface area contributed by atoms with Gasteiger partial charge in [-0.05, 0) is 36.8 Å². The number of halogens is 2. The SMILES string of the molecule is Cc1ccc(-c2noc(-c3ccc(Br)cc3O)n2)cc1F. The van der Waals surface area contributed by atoms with Crippen molar-refractivity contribution in [3.05, 3.63) is 52.3 Å². The maximum atomic E-state index is 13.6. The summed E-state index contributed by atoms with van der Waals surface area (Å²) in [6.45, 7) is 1.68. The lowest BCUT2D eigenvalue weighted by Gasteiger charge is -1.99. The molecule has 0 aliphatic rings. The zero-order valence-electron chi connectivity index (χ0n) is 11.0. The molecule has 0 saturated carbocycles. The first-order valence-corrected chi connectivity index (χ1v) is 6.93. The fourth-order valence-electron chi connectivity index (χ4n) is 1.87. The van der Waals surface area contributed by atoms with Crippen LogP contribution in [0.1, 0.15) is 5.56 Å². The van der Waals surface area contributed by atoms with Crippen molar-refractivity contribution in [3.8, 4) is 28.6 Å². The molecule has 106 valence electrons. The Morgan fingerprint density at radius 1 is 1.19 bits per heavy atom. The Labute approximate surface area is 128 Å². The van der Waals surface area contributed by atoms with Gasteiger partial charge < -0.3 is 9.63 Å². The Morgan fingerprint density at radius 2 is 2.00 bits per heavy atom. The molecule has 2 aromatic carbocycles. The molecule has 3 rings (SSSR count). The van der Waals surface area contributed by atoms with Gasteiger partial charge in [0.15, 0.2) is 0 Å². The summed E-state index contributed by atoms with van der Waals surface area (Å²) in [5, 5.41) is 13.7. The van der Waals surface area contributed by atoms with Gasteiger partial charge in [0.25, 0.3) is 5.89 Å². The van der Waals surface area contributed by atoms with Gasteiger partial charge in [0.2, 0.25) is 5.82 Å². The van der Waals surface area contributed by atoms with Crippen molar-refractivity contribution in [2.75, 3.05) is 0 Å². The molecule has 0 spiro atoms. The molecule has 6 heteroatoms. The monoisotopic (exact) mass is 348 g/mol. The zero-order valence-corrected chi connectivity index (χ0v) is 12.6. The largest absolute Gasteiger partial charge is 0.507 e. The summed E-state index contributed by atoms with van der Waals surface area (Å²) in [4.78, 5) is 4.19. The first kappa shape index (κ1) is 13.8. The second kappa shape index (κ2) is 5.29. The maximum absolute atomic E-state index is 13.6. The molecule has 0 fully saturated rings. The van der Waals surface area contributed by atoms with E-state index in [9.17, 15) is 9.50 Å². The van der Waals surface area contributed by atoms with Crippen LogP contribution in [0.4, 0.5) is 4.39 Å². The highest BCUT2D eigenvalue weighted by Gasteiger charge is 2.14. The third-order valence-corrected chi connectivity index (χ3v) is 3.54. The molecule has 0 aliphatic carbocycles. The van der Waals surface area contributed by atoms with E-state index in [-0.39, 0.29) is 23.3 Å². The van der Waals surface area contributed by atoms with Gasteiger partial charge in [-0.1, -0.05) is 33.2 Å². The van der Waals surface area contributed by atoms with Crippen LogP contribution in [0.25, 0.3) is 22.8 Å². The van der Waals surface area contributed by atoms with Gasteiger partial charge in [0.1, 0.15) is 11.6 Å². The average Bonchev–Trinajstić information content (AvgIpc) is 2.91. The molecule has 1 N–H and O–H groups in total. The normalized spacial score (nSPS) is 10.8. The number of aryl methyl sites for hydroxylation is 1. The minimum Gasteiger partial charge on any atom is -0.507 e. The standard InChI is InChI=1S/C15H10BrFN2O2/c1-8-2-3-9(6-12(8)17)14-18-15(21-19-14)11-5-4-10(16)7-13(11)20/h2-7,20H,1H3. The smallest absolute Gasteiger partial charge is 0.261 e. The minimum atomic E-state index is -0.328. The van der Waals surface area contributed by atoms with Crippen molar-refractivity contribution in [2.24, 2.45) is 0 Å². The number of aromatic hydroxyl groups is 1. The van der Waals surface area contributed by atoms with E-state index < -0.39 is 0 Å². The number of benzene rings is 2. The Morgan fingerprint density at radius 3 is 2.71 bits per heavy atom. The highest BCUT2D eigenvalue weighted by molar-refractivity contribution is 9.10. The molecule has 0 unspecified atom stereocenters. The van der Waals surface area contributed by atoms with Crippen LogP contribution >= 0.6 is 15.9 Å². The molecule has 3 aromatic rings. The van der Waals surface area contributed by atoms with Crippen LogP contribution in [0, 0.1) is 12.7 Å². The molecule has 1 aromatic heterocycles. The summed E-state index contributed by atoms with van der Waals surface area (Å²) < 4.78 is 19.4.